The Morgan fingerprint density at radius 1 is 1.17 bits per heavy atom. The van der Waals surface area contributed by atoms with Gasteiger partial charge in [0.1, 0.15) is 17.8 Å². The monoisotopic (exact) mass is 374 g/mol. The molecule has 0 atom stereocenters. The number of nitrogens with zero attached hydrogens (tertiary/aromatic N) is 3. The van der Waals surface area contributed by atoms with Gasteiger partial charge in [-0.2, -0.15) is 0 Å². The number of aryl methyl sites for hydroxylation is 1. The van der Waals surface area contributed by atoms with Crippen LogP contribution in [0.2, 0.25) is 0 Å². The van der Waals surface area contributed by atoms with Gasteiger partial charge < -0.3 is 10.2 Å². The van der Waals surface area contributed by atoms with Gasteiger partial charge in [0, 0.05) is 23.6 Å². The molecule has 3 rings (SSSR count). The van der Waals surface area contributed by atoms with Gasteiger partial charge in [-0.15, -0.1) is 0 Å². The van der Waals surface area contributed by atoms with Gasteiger partial charge in [0.25, 0.3) is 5.91 Å². The predicted molar refractivity (Wildman–Crippen MR) is 93.9 cm³/mol. The summed E-state index contributed by atoms with van der Waals surface area (Å²) in [5.74, 6) is 0.600. The van der Waals surface area contributed by atoms with E-state index in [2.05, 4.69) is 31.2 Å². The molecule has 0 spiro atoms. The first kappa shape index (κ1) is 15.9. The van der Waals surface area contributed by atoms with Crippen molar-refractivity contribution in [2.45, 2.75) is 26.2 Å². The van der Waals surface area contributed by atoms with Crippen molar-refractivity contribution in [2.24, 2.45) is 0 Å². The first-order chi connectivity index (χ1) is 11.1. The number of carbonyl (C=O) groups excluding carboxylic acids is 1. The SMILES string of the molecule is Cc1ccc(Nc2cc(C(=O)N3CCCCC3)ncn2)c(Br)c1. The minimum absolute atomic E-state index is 0.0156. The van der Waals surface area contributed by atoms with E-state index in [1.165, 1.54) is 18.3 Å². The molecule has 1 aromatic carbocycles. The maximum absolute atomic E-state index is 12.5. The highest BCUT2D eigenvalue weighted by Crippen LogP contribution is 2.26. The highest BCUT2D eigenvalue weighted by molar-refractivity contribution is 9.10. The third-order valence-electron chi connectivity index (χ3n) is 3.92. The lowest BCUT2D eigenvalue weighted by molar-refractivity contribution is 0.0718. The number of benzene rings is 1. The zero-order chi connectivity index (χ0) is 16.2. The van der Waals surface area contributed by atoms with Crippen LogP contribution in [0.25, 0.3) is 0 Å². The maximum atomic E-state index is 12.5. The van der Waals surface area contributed by atoms with Crippen molar-refractivity contribution in [3.05, 3.63) is 46.3 Å². The van der Waals surface area contributed by atoms with E-state index in [1.807, 2.05) is 30.0 Å². The Morgan fingerprint density at radius 2 is 1.96 bits per heavy atom. The number of hydrogen-bond acceptors (Lipinski definition) is 4. The number of likely N-dealkylation sites (tertiary alicyclic amines) is 1. The van der Waals surface area contributed by atoms with Crippen LogP contribution < -0.4 is 5.32 Å². The van der Waals surface area contributed by atoms with Crippen molar-refractivity contribution in [1.82, 2.24) is 14.9 Å². The molecule has 2 heterocycles. The lowest BCUT2D eigenvalue weighted by Gasteiger charge is -2.26. The Balaban J connectivity index is 1.78. The van der Waals surface area contributed by atoms with Crippen molar-refractivity contribution in [3.8, 4) is 0 Å². The topological polar surface area (TPSA) is 58.1 Å². The summed E-state index contributed by atoms with van der Waals surface area (Å²) in [6.07, 6.45) is 4.76. The van der Waals surface area contributed by atoms with Crippen LogP contribution in [-0.2, 0) is 0 Å². The van der Waals surface area contributed by atoms with Gasteiger partial charge in [-0.1, -0.05) is 6.07 Å². The second kappa shape index (κ2) is 7.08. The molecule has 23 heavy (non-hydrogen) atoms. The lowest BCUT2D eigenvalue weighted by atomic mass is 10.1. The Bertz CT molecular complexity index is 713. The summed E-state index contributed by atoms with van der Waals surface area (Å²) in [6.45, 7) is 3.67. The smallest absolute Gasteiger partial charge is 0.272 e. The molecule has 1 aliphatic heterocycles. The quantitative estimate of drug-likeness (QED) is 0.884. The molecule has 0 radical (unpaired) electrons. The van der Waals surface area contributed by atoms with Crippen molar-refractivity contribution in [3.63, 3.8) is 0 Å². The van der Waals surface area contributed by atoms with Crippen molar-refractivity contribution in [1.29, 1.82) is 0 Å². The van der Waals surface area contributed by atoms with E-state index in [4.69, 9.17) is 0 Å². The molecule has 1 amide bonds. The Labute approximate surface area is 144 Å². The standard InChI is InChI=1S/C17H19BrN4O/c1-12-5-6-14(13(18)9-12)21-16-10-15(19-11-20-16)17(23)22-7-3-2-4-8-22/h5-6,9-11H,2-4,7-8H2,1H3,(H,19,20,21). The first-order valence-corrected chi connectivity index (χ1v) is 8.57. The van der Waals surface area contributed by atoms with Crippen LogP contribution in [0.1, 0.15) is 35.3 Å². The summed E-state index contributed by atoms with van der Waals surface area (Å²) in [5, 5.41) is 3.23. The van der Waals surface area contributed by atoms with Crippen molar-refractivity contribution >= 4 is 33.3 Å². The highest BCUT2D eigenvalue weighted by atomic mass is 79.9. The molecule has 120 valence electrons. The lowest BCUT2D eigenvalue weighted by Crippen LogP contribution is -2.36. The van der Waals surface area contributed by atoms with Gasteiger partial charge in [0.05, 0.1) is 5.69 Å². The number of hydrogen-bond donors (Lipinski definition) is 1. The summed E-state index contributed by atoms with van der Waals surface area (Å²) in [6, 6.07) is 7.74. The minimum atomic E-state index is -0.0156. The van der Waals surface area contributed by atoms with Crippen LogP contribution in [-0.4, -0.2) is 33.9 Å². The van der Waals surface area contributed by atoms with E-state index < -0.39 is 0 Å². The number of aromatic nitrogens is 2. The van der Waals surface area contributed by atoms with Gasteiger partial charge in [-0.25, -0.2) is 9.97 Å². The number of piperidine rings is 1. The van der Waals surface area contributed by atoms with Gasteiger partial charge in [0.2, 0.25) is 0 Å². The van der Waals surface area contributed by atoms with E-state index in [1.54, 1.807) is 6.07 Å². The molecule has 1 aliphatic rings. The fourth-order valence-electron chi connectivity index (χ4n) is 2.66. The van der Waals surface area contributed by atoms with Gasteiger partial charge in [-0.3, -0.25) is 4.79 Å². The highest BCUT2D eigenvalue weighted by Gasteiger charge is 2.19. The largest absolute Gasteiger partial charge is 0.339 e. The average Bonchev–Trinajstić information content (AvgIpc) is 2.58. The molecule has 1 fully saturated rings. The van der Waals surface area contributed by atoms with Gasteiger partial charge in [0.15, 0.2) is 0 Å². The Morgan fingerprint density at radius 3 is 2.70 bits per heavy atom. The average molecular weight is 375 g/mol. The first-order valence-electron chi connectivity index (χ1n) is 7.78. The third-order valence-corrected chi connectivity index (χ3v) is 4.57. The van der Waals surface area contributed by atoms with Crippen molar-refractivity contribution < 1.29 is 4.79 Å². The number of nitrogens with one attached hydrogen (secondary N) is 1. The Kier molecular flexibility index (Phi) is 4.91. The maximum Gasteiger partial charge on any atom is 0.272 e. The summed E-state index contributed by atoms with van der Waals surface area (Å²) in [4.78, 5) is 22.7. The van der Waals surface area contributed by atoms with E-state index in [-0.39, 0.29) is 5.91 Å². The van der Waals surface area contributed by atoms with E-state index in [0.717, 1.165) is 36.1 Å². The van der Waals surface area contributed by atoms with E-state index in [0.29, 0.717) is 11.5 Å². The van der Waals surface area contributed by atoms with E-state index in [9.17, 15) is 4.79 Å². The minimum Gasteiger partial charge on any atom is -0.339 e. The fraction of sp³-hybridized carbons (Fsp3) is 0.353. The fourth-order valence-corrected chi connectivity index (χ4v) is 3.25. The van der Waals surface area contributed by atoms with Crippen LogP contribution in [0, 0.1) is 6.92 Å². The second-order valence-corrected chi connectivity index (χ2v) is 6.60. The van der Waals surface area contributed by atoms with Crippen LogP contribution in [0.4, 0.5) is 11.5 Å². The van der Waals surface area contributed by atoms with E-state index >= 15 is 0 Å². The van der Waals surface area contributed by atoms with Gasteiger partial charge >= 0.3 is 0 Å². The summed E-state index contributed by atoms with van der Waals surface area (Å²) < 4.78 is 0.958. The molecule has 6 heteroatoms. The number of rotatable bonds is 3. The van der Waals surface area contributed by atoms with Crippen LogP contribution in [0.15, 0.2) is 35.1 Å². The molecule has 0 saturated carbocycles. The molecule has 1 N–H and O–H groups in total. The molecular weight excluding hydrogens is 356 g/mol. The predicted octanol–water partition coefficient (Wildman–Crippen LogP) is 3.92. The van der Waals surface area contributed by atoms with Crippen LogP contribution in [0.3, 0.4) is 0 Å². The number of halogens is 1. The Hall–Kier alpha value is -1.95. The summed E-state index contributed by atoms with van der Waals surface area (Å²) in [7, 11) is 0. The van der Waals surface area contributed by atoms with Crippen LogP contribution >= 0.6 is 15.9 Å². The molecular formula is C17H19BrN4O. The number of carbonyl (C=O) groups is 1. The molecule has 0 aliphatic carbocycles. The zero-order valence-corrected chi connectivity index (χ0v) is 14.6. The molecule has 0 unspecified atom stereocenters. The normalized spacial score (nSPS) is 14.6. The summed E-state index contributed by atoms with van der Waals surface area (Å²) in [5.41, 5.74) is 2.52. The molecule has 1 aromatic heterocycles. The summed E-state index contributed by atoms with van der Waals surface area (Å²) >= 11 is 3.53. The van der Waals surface area contributed by atoms with Crippen LogP contribution in [0.5, 0.6) is 0 Å². The molecule has 1 saturated heterocycles. The second-order valence-electron chi connectivity index (χ2n) is 5.75. The molecule has 0 bridgehead atoms. The molecule has 2 aromatic rings. The third kappa shape index (κ3) is 3.88. The number of anilines is 2. The van der Waals surface area contributed by atoms with Crippen molar-refractivity contribution in [2.75, 3.05) is 18.4 Å². The zero-order valence-electron chi connectivity index (χ0n) is 13.1. The molecule has 5 nitrogen and oxygen atoms in total. The number of amides is 1. The van der Waals surface area contributed by atoms with Gasteiger partial charge in [-0.05, 0) is 59.8 Å².